The van der Waals surface area contributed by atoms with E-state index < -0.39 is 6.09 Å². The molecule has 2 N–H and O–H groups in total. The van der Waals surface area contributed by atoms with E-state index in [9.17, 15) is 9.59 Å². The van der Waals surface area contributed by atoms with Gasteiger partial charge in [-0.1, -0.05) is 18.2 Å². The summed E-state index contributed by atoms with van der Waals surface area (Å²) >= 11 is 0. The van der Waals surface area contributed by atoms with Gasteiger partial charge in [-0.15, -0.1) is 0 Å². The molecule has 0 saturated carbocycles. The Balaban J connectivity index is 2.62. The van der Waals surface area contributed by atoms with Gasteiger partial charge in [0.15, 0.2) is 5.78 Å². The molecule has 0 fully saturated rings. The van der Waals surface area contributed by atoms with Gasteiger partial charge >= 0.3 is 6.09 Å². The molecule has 0 aliphatic rings. The lowest BCUT2D eigenvalue weighted by Gasteiger charge is -2.06. The fourth-order valence-corrected chi connectivity index (χ4v) is 1.77. The van der Waals surface area contributed by atoms with Crippen molar-refractivity contribution in [2.45, 2.75) is 13.8 Å². The zero-order chi connectivity index (χ0) is 14.0. The number of benzene rings is 1. The Morgan fingerprint density at radius 3 is 2.42 bits per heavy atom. The van der Waals surface area contributed by atoms with Crippen LogP contribution in [0, 0.1) is 6.92 Å². The van der Waals surface area contributed by atoms with Crippen LogP contribution in [-0.4, -0.2) is 21.7 Å². The minimum absolute atomic E-state index is 0.156. The van der Waals surface area contributed by atoms with Crippen LogP contribution < -0.4 is 10.5 Å². The van der Waals surface area contributed by atoms with Gasteiger partial charge in [0.2, 0.25) is 5.88 Å². The number of Topliss-reactive ketones (excluding diaryl/α,β-unsaturated/α-hetero) is 1. The molecule has 0 saturated heterocycles. The van der Waals surface area contributed by atoms with E-state index in [1.54, 1.807) is 19.1 Å². The van der Waals surface area contributed by atoms with Gasteiger partial charge in [-0.3, -0.25) is 4.79 Å². The lowest BCUT2D eigenvalue weighted by atomic mass is 10.2. The van der Waals surface area contributed by atoms with E-state index in [2.05, 4.69) is 5.10 Å². The van der Waals surface area contributed by atoms with Crippen molar-refractivity contribution in [3.8, 4) is 11.6 Å². The first-order valence-electron chi connectivity index (χ1n) is 5.64. The Labute approximate surface area is 109 Å². The molecular weight excluding hydrogens is 246 g/mol. The number of aromatic nitrogens is 2. The second-order valence-corrected chi connectivity index (χ2v) is 4.00. The summed E-state index contributed by atoms with van der Waals surface area (Å²) in [6.07, 6.45) is -0.949. The number of ketones is 1. The first kappa shape index (κ1) is 12.8. The van der Waals surface area contributed by atoms with Crippen molar-refractivity contribution >= 4 is 11.9 Å². The molecule has 0 atom stereocenters. The number of hydrogen-bond acceptors (Lipinski definition) is 4. The first-order valence-corrected chi connectivity index (χ1v) is 5.64. The fraction of sp³-hybridized carbons (Fsp3) is 0.154. The van der Waals surface area contributed by atoms with Gasteiger partial charge in [0.1, 0.15) is 5.69 Å². The number of ether oxygens (including phenoxy) is 1. The van der Waals surface area contributed by atoms with Gasteiger partial charge < -0.3 is 10.5 Å². The maximum absolute atomic E-state index is 11.5. The summed E-state index contributed by atoms with van der Waals surface area (Å²) in [5.74, 6) is -0.0506. The zero-order valence-corrected chi connectivity index (χ0v) is 10.6. The predicted octanol–water partition coefficient (Wildman–Crippen LogP) is 1.84. The van der Waals surface area contributed by atoms with E-state index in [-0.39, 0.29) is 17.4 Å². The largest absolute Gasteiger partial charge is 0.411 e. The topological polar surface area (TPSA) is 87.2 Å². The highest BCUT2D eigenvalue weighted by molar-refractivity contribution is 5.94. The summed E-state index contributed by atoms with van der Waals surface area (Å²) in [5.41, 5.74) is 6.45. The molecule has 0 aliphatic carbocycles. The minimum Gasteiger partial charge on any atom is -0.391 e. The van der Waals surface area contributed by atoms with Crippen LogP contribution in [-0.2, 0) is 0 Å². The predicted molar refractivity (Wildman–Crippen MR) is 68.5 cm³/mol. The van der Waals surface area contributed by atoms with Crippen LogP contribution in [0.3, 0.4) is 0 Å². The van der Waals surface area contributed by atoms with E-state index in [4.69, 9.17) is 10.5 Å². The summed E-state index contributed by atoms with van der Waals surface area (Å²) in [6.45, 7) is 3.06. The molecule has 0 unspecified atom stereocenters. The van der Waals surface area contributed by atoms with Crippen LogP contribution in [0.1, 0.15) is 23.0 Å². The molecule has 1 aromatic heterocycles. The normalized spacial score (nSPS) is 10.2. The monoisotopic (exact) mass is 259 g/mol. The summed E-state index contributed by atoms with van der Waals surface area (Å²) in [5, 5.41) is 4.17. The summed E-state index contributed by atoms with van der Waals surface area (Å²) in [7, 11) is 0. The van der Waals surface area contributed by atoms with E-state index in [0.29, 0.717) is 11.3 Å². The Kier molecular flexibility index (Phi) is 3.33. The average Bonchev–Trinajstić information content (AvgIpc) is 2.68. The number of primary amides is 1. The third-order valence-corrected chi connectivity index (χ3v) is 2.60. The van der Waals surface area contributed by atoms with Crippen molar-refractivity contribution < 1.29 is 14.3 Å². The Morgan fingerprint density at radius 2 is 1.89 bits per heavy atom. The van der Waals surface area contributed by atoms with E-state index in [1.165, 1.54) is 11.6 Å². The lowest BCUT2D eigenvalue weighted by Crippen LogP contribution is -2.18. The molecule has 1 aromatic carbocycles. The maximum atomic E-state index is 11.5. The van der Waals surface area contributed by atoms with E-state index in [0.717, 1.165) is 0 Å². The summed E-state index contributed by atoms with van der Waals surface area (Å²) < 4.78 is 6.33. The summed E-state index contributed by atoms with van der Waals surface area (Å²) in [4.78, 5) is 22.5. The SMILES string of the molecule is CC(=O)c1nn(-c2ccccc2)c(OC(N)=O)c1C. The molecule has 6 nitrogen and oxygen atoms in total. The highest BCUT2D eigenvalue weighted by Crippen LogP contribution is 2.25. The Hall–Kier alpha value is -2.63. The minimum atomic E-state index is -0.949. The second-order valence-electron chi connectivity index (χ2n) is 4.00. The molecule has 2 aromatic rings. The van der Waals surface area contributed by atoms with Crippen LogP contribution in [0.5, 0.6) is 5.88 Å². The zero-order valence-electron chi connectivity index (χ0n) is 10.6. The molecule has 19 heavy (non-hydrogen) atoms. The van der Waals surface area contributed by atoms with Gasteiger partial charge in [0.05, 0.1) is 5.69 Å². The van der Waals surface area contributed by atoms with Gasteiger partial charge in [0, 0.05) is 12.5 Å². The molecule has 6 heteroatoms. The first-order chi connectivity index (χ1) is 9.00. The molecule has 98 valence electrons. The van der Waals surface area contributed by atoms with Crippen molar-refractivity contribution in [1.29, 1.82) is 0 Å². The number of amides is 1. The van der Waals surface area contributed by atoms with Crippen molar-refractivity contribution in [2.24, 2.45) is 5.73 Å². The molecule has 1 heterocycles. The third kappa shape index (κ3) is 2.47. The standard InChI is InChI=1S/C13H13N3O3/c1-8-11(9(2)17)15-16(12(8)19-13(14)18)10-6-4-3-5-7-10/h3-7H,1-2H3,(H2,14,18). The number of nitrogens with zero attached hydrogens (tertiary/aromatic N) is 2. The van der Waals surface area contributed by atoms with Gasteiger partial charge in [-0.05, 0) is 19.1 Å². The van der Waals surface area contributed by atoms with Gasteiger partial charge in [-0.2, -0.15) is 9.78 Å². The highest BCUT2D eigenvalue weighted by Gasteiger charge is 2.21. The fourth-order valence-electron chi connectivity index (χ4n) is 1.77. The quantitative estimate of drug-likeness (QED) is 0.852. The Bertz CT molecular complexity index is 632. The van der Waals surface area contributed by atoms with E-state index >= 15 is 0 Å². The van der Waals surface area contributed by atoms with Crippen LogP contribution in [0.2, 0.25) is 0 Å². The van der Waals surface area contributed by atoms with Crippen molar-refractivity contribution in [3.05, 3.63) is 41.6 Å². The van der Waals surface area contributed by atoms with Crippen LogP contribution in [0.4, 0.5) is 4.79 Å². The van der Waals surface area contributed by atoms with Crippen molar-refractivity contribution in [3.63, 3.8) is 0 Å². The number of carbonyl (C=O) groups is 2. The third-order valence-electron chi connectivity index (χ3n) is 2.60. The van der Waals surface area contributed by atoms with Crippen molar-refractivity contribution in [2.75, 3.05) is 0 Å². The number of nitrogens with two attached hydrogens (primary N) is 1. The van der Waals surface area contributed by atoms with Crippen molar-refractivity contribution in [1.82, 2.24) is 9.78 Å². The highest BCUT2D eigenvalue weighted by atomic mass is 16.6. The number of hydrogen-bond donors (Lipinski definition) is 1. The molecule has 0 spiro atoms. The molecule has 0 aliphatic heterocycles. The van der Waals surface area contributed by atoms with Crippen LogP contribution in [0.15, 0.2) is 30.3 Å². The number of para-hydroxylation sites is 1. The lowest BCUT2D eigenvalue weighted by molar-refractivity contribution is 0.101. The van der Waals surface area contributed by atoms with Crippen LogP contribution >= 0.6 is 0 Å². The van der Waals surface area contributed by atoms with Gasteiger partial charge in [0.25, 0.3) is 0 Å². The molecule has 1 amide bonds. The molecule has 0 bridgehead atoms. The summed E-state index contributed by atoms with van der Waals surface area (Å²) in [6, 6.07) is 9.04. The number of carbonyl (C=O) groups excluding carboxylic acids is 2. The van der Waals surface area contributed by atoms with Crippen LogP contribution in [0.25, 0.3) is 5.69 Å². The Morgan fingerprint density at radius 1 is 1.26 bits per heavy atom. The maximum Gasteiger partial charge on any atom is 0.411 e. The number of rotatable bonds is 3. The molecule has 2 rings (SSSR count). The second kappa shape index (κ2) is 4.93. The van der Waals surface area contributed by atoms with Gasteiger partial charge in [-0.25, -0.2) is 4.79 Å². The average molecular weight is 259 g/mol. The smallest absolute Gasteiger partial charge is 0.391 e. The molecule has 0 radical (unpaired) electrons. The van der Waals surface area contributed by atoms with E-state index in [1.807, 2.05) is 18.2 Å². The molecular formula is C13H13N3O3.